The average Bonchev–Trinajstić information content (AvgIpc) is 3.16. The molecule has 190 valence electrons. The van der Waals surface area contributed by atoms with Gasteiger partial charge in [0.25, 0.3) is 5.91 Å². The van der Waals surface area contributed by atoms with Gasteiger partial charge in [0, 0.05) is 16.7 Å². The molecule has 1 N–H and O–H groups in total. The third-order valence-electron chi connectivity index (χ3n) is 6.13. The second-order valence-electron chi connectivity index (χ2n) is 8.57. The molecular formula is C30H20F3NO4. The van der Waals surface area contributed by atoms with Gasteiger partial charge in [0.05, 0.1) is 23.4 Å². The molecule has 0 unspecified atom stereocenters. The monoisotopic (exact) mass is 515 g/mol. The van der Waals surface area contributed by atoms with Gasteiger partial charge in [-0.1, -0.05) is 78.9 Å². The molecule has 0 spiro atoms. The van der Waals surface area contributed by atoms with Gasteiger partial charge in [0.2, 0.25) is 0 Å². The summed E-state index contributed by atoms with van der Waals surface area (Å²) in [5, 5.41) is 9.37. The van der Waals surface area contributed by atoms with Crippen molar-refractivity contribution in [1.82, 2.24) is 0 Å². The quantitative estimate of drug-likeness (QED) is 0.287. The van der Waals surface area contributed by atoms with E-state index in [0.717, 1.165) is 0 Å². The lowest BCUT2D eigenvalue weighted by Gasteiger charge is -2.19. The first-order valence-corrected chi connectivity index (χ1v) is 11.6. The van der Waals surface area contributed by atoms with Crippen LogP contribution in [0.15, 0.2) is 103 Å². The molecule has 5 nitrogen and oxygen atoms in total. The number of alkyl halides is 3. The molecule has 0 bridgehead atoms. The van der Waals surface area contributed by atoms with E-state index < -0.39 is 24.0 Å². The molecule has 0 saturated carbocycles. The van der Waals surface area contributed by atoms with E-state index in [1.54, 1.807) is 72.8 Å². The van der Waals surface area contributed by atoms with Crippen LogP contribution in [0.2, 0.25) is 0 Å². The predicted molar refractivity (Wildman–Crippen MR) is 137 cm³/mol. The van der Waals surface area contributed by atoms with Crippen LogP contribution in [0, 0.1) is 0 Å². The Bertz CT molecular complexity index is 1560. The van der Waals surface area contributed by atoms with Crippen molar-refractivity contribution >= 4 is 28.7 Å². The van der Waals surface area contributed by atoms with Gasteiger partial charge in [-0.05, 0) is 35.4 Å². The topological polar surface area (TPSA) is 66.8 Å². The molecule has 0 saturated heterocycles. The number of para-hydroxylation sites is 2. The molecule has 0 radical (unpaired) electrons. The van der Waals surface area contributed by atoms with Crippen molar-refractivity contribution in [3.63, 3.8) is 0 Å². The molecule has 0 aromatic heterocycles. The first-order chi connectivity index (χ1) is 18.2. The number of rotatable bonds is 6. The van der Waals surface area contributed by atoms with Crippen LogP contribution in [0.3, 0.4) is 0 Å². The van der Waals surface area contributed by atoms with E-state index in [1.807, 2.05) is 0 Å². The van der Waals surface area contributed by atoms with E-state index in [1.165, 1.54) is 35.2 Å². The minimum absolute atomic E-state index is 0.0727. The lowest BCUT2D eigenvalue weighted by molar-refractivity contribution is -0.274. The molecule has 1 heterocycles. The summed E-state index contributed by atoms with van der Waals surface area (Å²) < 4.78 is 44.3. The van der Waals surface area contributed by atoms with Crippen LogP contribution in [-0.4, -0.2) is 23.3 Å². The number of carboxylic acid groups (broad SMARTS) is 1. The summed E-state index contributed by atoms with van der Waals surface area (Å²) in [6, 6.07) is 27.7. The smallest absolute Gasteiger partial charge is 0.478 e. The Hall–Kier alpha value is -4.85. The number of amides is 1. The minimum atomic E-state index is -4.93. The largest absolute Gasteiger partial charge is 0.573 e. The van der Waals surface area contributed by atoms with Gasteiger partial charge in [-0.15, -0.1) is 13.2 Å². The number of carboxylic acids is 1. The van der Waals surface area contributed by atoms with Gasteiger partial charge in [-0.25, -0.2) is 4.79 Å². The number of nitrogens with zero attached hydrogens (tertiary/aromatic N) is 1. The molecule has 5 rings (SSSR count). The van der Waals surface area contributed by atoms with E-state index in [9.17, 15) is 27.9 Å². The van der Waals surface area contributed by atoms with Crippen molar-refractivity contribution in [3.05, 3.63) is 131 Å². The van der Waals surface area contributed by atoms with Gasteiger partial charge in [0.1, 0.15) is 5.75 Å². The number of fused-ring (bicyclic) bond motifs is 1. The van der Waals surface area contributed by atoms with E-state index in [0.29, 0.717) is 28.0 Å². The number of carbonyl (C=O) groups excluding carboxylic acids is 1. The highest BCUT2D eigenvalue weighted by Crippen LogP contribution is 2.45. The highest BCUT2D eigenvalue weighted by Gasteiger charge is 2.37. The molecule has 1 amide bonds. The highest BCUT2D eigenvalue weighted by atomic mass is 19.4. The average molecular weight is 515 g/mol. The van der Waals surface area contributed by atoms with Gasteiger partial charge >= 0.3 is 12.3 Å². The van der Waals surface area contributed by atoms with Crippen molar-refractivity contribution in [1.29, 1.82) is 0 Å². The molecule has 4 aromatic carbocycles. The van der Waals surface area contributed by atoms with Crippen molar-refractivity contribution in [2.45, 2.75) is 12.9 Å². The summed E-state index contributed by atoms with van der Waals surface area (Å²) in [6.45, 7) is 0.0727. The standard InChI is InChI=1S/C30H20F3NO4/c31-30(32,33)38-25-16-7-5-14-23(25)26(20-10-2-1-3-11-20)27-22-13-4-6-15-24(22)34(28(27)35)18-19-9-8-12-21(17-19)29(36)37/h1-17H,18H2,(H,36,37)/b27-26+. The number of hydrogen-bond donors (Lipinski definition) is 1. The number of halogens is 3. The van der Waals surface area contributed by atoms with E-state index in [4.69, 9.17) is 0 Å². The summed E-state index contributed by atoms with van der Waals surface area (Å²) >= 11 is 0. The Morgan fingerprint density at radius 1 is 0.816 bits per heavy atom. The molecule has 0 aliphatic carbocycles. The van der Waals surface area contributed by atoms with Crippen LogP contribution < -0.4 is 9.64 Å². The van der Waals surface area contributed by atoms with E-state index in [-0.39, 0.29) is 23.2 Å². The number of carbonyl (C=O) groups is 2. The van der Waals surface area contributed by atoms with Crippen LogP contribution in [0.1, 0.15) is 32.6 Å². The molecule has 8 heteroatoms. The van der Waals surface area contributed by atoms with Crippen LogP contribution in [0.5, 0.6) is 5.75 Å². The number of benzene rings is 4. The second kappa shape index (κ2) is 9.89. The molecule has 1 aliphatic heterocycles. The third-order valence-corrected chi connectivity index (χ3v) is 6.13. The van der Waals surface area contributed by atoms with Gasteiger partial charge in [-0.3, -0.25) is 4.79 Å². The third kappa shape index (κ3) is 4.88. The SMILES string of the molecule is O=C(O)c1cccc(CN2C(=O)/C(=C(\c3ccccc3)c3ccccc3OC(F)(F)F)c3ccccc32)c1. The molecule has 0 atom stereocenters. The lowest BCUT2D eigenvalue weighted by Crippen LogP contribution is -2.26. The summed E-state index contributed by atoms with van der Waals surface area (Å²) in [5.74, 6) is -1.94. The van der Waals surface area contributed by atoms with E-state index in [2.05, 4.69) is 4.74 Å². The molecule has 4 aromatic rings. The maximum Gasteiger partial charge on any atom is 0.573 e. The number of hydrogen-bond acceptors (Lipinski definition) is 3. The van der Waals surface area contributed by atoms with Gasteiger partial charge in [-0.2, -0.15) is 0 Å². The minimum Gasteiger partial charge on any atom is -0.478 e. The van der Waals surface area contributed by atoms with Crippen molar-refractivity contribution < 1.29 is 32.6 Å². The maximum absolute atomic E-state index is 14.1. The predicted octanol–water partition coefficient (Wildman–Crippen LogP) is 6.79. The summed E-state index contributed by atoms with van der Waals surface area (Å²) in [7, 11) is 0. The lowest BCUT2D eigenvalue weighted by atomic mass is 9.89. The summed E-state index contributed by atoms with van der Waals surface area (Å²) in [6.07, 6.45) is -4.93. The van der Waals surface area contributed by atoms with Crippen molar-refractivity contribution in [2.24, 2.45) is 0 Å². The zero-order valence-electron chi connectivity index (χ0n) is 19.8. The Labute approximate surface area is 216 Å². The van der Waals surface area contributed by atoms with Crippen LogP contribution in [0.25, 0.3) is 11.1 Å². The fraction of sp³-hybridized carbons (Fsp3) is 0.0667. The Morgan fingerprint density at radius 2 is 1.47 bits per heavy atom. The zero-order chi connectivity index (χ0) is 26.9. The first kappa shape index (κ1) is 24.8. The van der Waals surface area contributed by atoms with Crippen LogP contribution in [0.4, 0.5) is 18.9 Å². The molecule has 38 heavy (non-hydrogen) atoms. The van der Waals surface area contributed by atoms with Crippen LogP contribution >= 0.6 is 0 Å². The molecular weight excluding hydrogens is 495 g/mol. The molecule has 1 aliphatic rings. The summed E-state index contributed by atoms with van der Waals surface area (Å²) in [5.41, 5.74) is 2.97. The second-order valence-corrected chi connectivity index (χ2v) is 8.57. The highest BCUT2D eigenvalue weighted by molar-refractivity contribution is 6.39. The van der Waals surface area contributed by atoms with Gasteiger partial charge in [0.15, 0.2) is 0 Å². The number of ether oxygens (including phenoxy) is 1. The zero-order valence-corrected chi connectivity index (χ0v) is 19.8. The van der Waals surface area contributed by atoms with Crippen LogP contribution in [-0.2, 0) is 11.3 Å². The Kier molecular flexibility index (Phi) is 6.46. The van der Waals surface area contributed by atoms with Crippen molar-refractivity contribution in [3.8, 4) is 5.75 Å². The number of anilines is 1. The maximum atomic E-state index is 14.1. The molecule has 0 fully saturated rings. The Balaban J connectivity index is 1.72. The fourth-order valence-electron chi connectivity index (χ4n) is 4.59. The van der Waals surface area contributed by atoms with E-state index >= 15 is 0 Å². The number of aromatic carboxylic acids is 1. The van der Waals surface area contributed by atoms with Crippen molar-refractivity contribution in [2.75, 3.05) is 4.90 Å². The normalized spacial score (nSPS) is 14.3. The summed E-state index contributed by atoms with van der Waals surface area (Å²) in [4.78, 5) is 27.0. The first-order valence-electron chi connectivity index (χ1n) is 11.6. The Morgan fingerprint density at radius 3 is 2.21 bits per heavy atom. The van der Waals surface area contributed by atoms with Gasteiger partial charge < -0.3 is 14.7 Å². The fourth-order valence-corrected chi connectivity index (χ4v) is 4.59.